The fourth-order valence-corrected chi connectivity index (χ4v) is 1.37. The lowest BCUT2D eigenvalue weighted by atomic mass is 11.4. The zero-order chi connectivity index (χ0) is 8.32. The Bertz CT molecular complexity index is 315. The molecule has 0 amide bonds. The molecule has 4 heteroatoms. The van der Waals surface area contributed by atoms with E-state index in [1.807, 2.05) is 0 Å². The molecular formula is C7H8O3S. The molecule has 0 aliphatic carbocycles. The van der Waals surface area contributed by atoms with Crippen molar-refractivity contribution >= 4 is 10.1 Å². The standard InChI is InChI=1S/C7H8O3S/c1-10-11(8,9)7-5-3-2-4-6-7/h2-6H,1H3/i2+1,3+1,4+1,5+1,6+1,7+1. The first-order valence-electron chi connectivity index (χ1n) is 3.02. The molecule has 0 unspecified atom stereocenters. The minimum absolute atomic E-state index is 0.183. The van der Waals surface area contributed by atoms with Gasteiger partial charge in [-0.25, -0.2) is 0 Å². The van der Waals surface area contributed by atoms with Crippen LogP contribution in [0.2, 0.25) is 0 Å². The third kappa shape index (κ3) is 1.78. The van der Waals surface area contributed by atoms with Gasteiger partial charge in [-0.2, -0.15) is 8.42 Å². The van der Waals surface area contributed by atoms with Crippen molar-refractivity contribution in [2.75, 3.05) is 7.11 Å². The molecule has 0 atom stereocenters. The highest BCUT2D eigenvalue weighted by atomic mass is 32.2. The van der Waals surface area contributed by atoms with Crippen molar-refractivity contribution in [1.82, 2.24) is 0 Å². The predicted octanol–water partition coefficient (Wildman–Crippen LogP) is 1.02. The Hall–Kier alpha value is -0.870. The Morgan fingerprint density at radius 1 is 1.18 bits per heavy atom. The molecule has 0 heterocycles. The van der Waals surface area contributed by atoms with E-state index in [0.717, 1.165) is 7.11 Å². The second-order valence-corrected chi connectivity index (χ2v) is 3.65. The first-order chi connectivity index (χ1) is 5.17. The molecule has 0 saturated carbocycles. The molecule has 0 aliphatic rings. The lowest BCUT2D eigenvalue weighted by Gasteiger charge is -1.98. The van der Waals surface area contributed by atoms with E-state index in [4.69, 9.17) is 0 Å². The van der Waals surface area contributed by atoms with Gasteiger partial charge in [0.15, 0.2) is 0 Å². The van der Waals surface area contributed by atoms with Crippen molar-refractivity contribution in [1.29, 1.82) is 0 Å². The lowest BCUT2D eigenvalue weighted by Crippen LogP contribution is -2.01. The quantitative estimate of drug-likeness (QED) is 0.635. The normalized spacial score (nSPS) is 11.4. The lowest BCUT2D eigenvalue weighted by molar-refractivity contribution is 0.398. The molecule has 0 N–H and O–H groups in total. The minimum Gasteiger partial charge on any atom is -0.270 e. The summed E-state index contributed by atoms with van der Waals surface area (Å²) in [5.41, 5.74) is 0. The van der Waals surface area contributed by atoms with Crippen LogP contribution in [0.4, 0.5) is 0 Å². The third-order valence-corrected chi connectivity index (χ3v) is 2.54. The maximum Gasteiger partial charge on any atom is 0.296 e. The van der Waals surface area contributed by atoms with Crippen LogP contribution in [0.15, 0.2) is 35.2 Å². The topological polar surface area (TPSA) is 43.4 Å². The van der Waals surface area contributed by atoms with Gasteiger partial charge in [-0.05, 0) is 12.1 Å². The van der Waals surface area contributed by atoms with Crippen LogP contribution in [0.25, 0.3) is 0 Å². The van der Waals surface area contributed by atoms with E-state index in [9.17, 15) is 8.42 Å². The van der Waals surface area contributed by atoms with Gasteiger partial charge in [-0.1, -0.05) is 18.2 Å². The molecule has 0 fully saturated rings. The molecule has 1 aromatic carbocycles. The molecule has 1 rings (SSSR count). The fourth-order valence-electron chi connectivity index (χ4n) is 0.683. The molecule has 3 nitrogen and oxygen atoms in total. The van der Waals surface area contributed by atoms with Crippen LogP contribution >= 0.6 is 0 Å². The van der Waals surface area contributed by atoms with Crippen molar-refractivity contribution in [3.05, 3.63) is 30.3 Å². The number of rotatable bonds is 2. The van der Waals surface area contributed by atoms with Crippen molar-refractivity contribution in [2.45, 2.75) is 4.90 Å². The summed E-state index contributed by atoms with van der Waals surface area (Å²) in [6, 6.07) is 8.00. The van der Waals surface area contributed by atoms with Crippen LogP contribution in [-0.2, 0) is 14.3 Å². The van der Waals surface area contributed by atoms with Gasteiger partial charge in [0, 0.05) is 0 Å². The first-order valence-corrected chi connectivity index (χ1v) is 4.43. The van der Waals surface area contributed by atoms with E-state index in [-0.39, 0.29) is 4.90 Å². The van der Waals surface area contributed by atoms with E-state index < -0.39 is 10.1 Å². The van der Waals surface area contributed by atoms with Crippen LogP contribution in [0, 0.1) is 0 Å². The Balaban J connectivity index is 3.14. The van der Waals surface area contributed by atoms with Gasteiger partial charge in [-0.3, -0.25) is 4.18 Å². The Morgan fingerprint density at radius 3 is 2.18 bits per heavy atom. The number of benzene rings is 1. The monoisotopic (exact) mass is 178 g/mol. The van der Waals surface area contributed by atoms with Gasteiger partial charge in [0.25, 0.3) is 10.1 Å². The van der Waals surface area contributed by atoms with Gasteiger partial charge < -0.3 is 0 Å². The second kappa shape index (κ2) is 3.02. The van der Waals surface area contributed by atoms with Gasteiger partial charge in [0.2, 0.25) is 0 Å². The van der Waals surface area contributed by atoms with E-state index >= 15 is 0 Å². The van der Waals surface area contributed by atoms with Gasteiger partial charge in [0.1, 0.15) is 0 Å². The largest absolute Gasteiger partial charge is 0.296 e. The molecule has 0 radical (unpaired) electrons. The van der Waals surface area contributed by atoms with Crippen molar-refractivity contribution in [3.8, 4) is 0 Å². The summed E-state index contributed by atoms with van der Waals surface area (Å²) in [5.74, 6) is 0. The Morgan fingerprint density at radius 2 is 1.73 bits per heavy atom. The summed E-state index contributed by atoms with van der Waals surface area (Å²) in [7, 11) is -2.36. The van der Waals surface area contributed by atoms with Crippen molar-refractivity contribution in [3.63, 3.8) is 0 Å². The third-order valence-electron chi connectivity index (χ3n) is 1.25. The highest BCUT2D eigenvalue weighted by molar-refractivity contribution is 7.86. The second-order valence-electron chi connectivity index (χ2n) is 1.93. The predicted molar refractivity (Wildman–Crippen MR) is 40.6 cm³/mol. The Labute approximate surface area is 65.7 Å². The van der Waals surface area contributed by atoms with E-state index in [1.165, 1.54) is 12.1 Å². The minimum atomic E-state index is -3.50. The van der Waals surface area contributed by atoms with E-state index in [0.29, 0.717) is 0 Å². The smallest absolute Gasteiger partial charge is 0.270 e. The molecule has 0 aliphatic heterocycles. The zero-order valence-corrected chi connectivity index (χ0v) is 6.84. The van der Waals surface area contributed by atoms with Crippen LogP contribution in [0.1, 0.15) is 0 Å². The van der Waals surface area contributed by atoms with Crippen molar-refractivity contribution < 1.29 is 12.6 Å². The molecule has 0 bridgehead atoms. The highest BCUT2D eigenvalue weighted by Crippen LogP contribution is 2.09. The van der Waals surface area contributed by atoms with Crippen LogP contribution in [0.3, 0.4) is 0 Å². The number of hydrogen-bond acceptors (Lipinski definition) is 3. The molecule has 0 aromatic heterocycles. The molecular weight excluding hydrogens is 170 g/mol. The molecule has 0 saturated heterocycles. The van der Waals surface area contributed by atoms with Gasteiger partial charge >= 0.3 is 0 Å². The maximum absolute atomic E-state index is 11.0. The van der Waals surface area contributed by atoms with Crippen molar-refractivity contribution in [2.24, 2.45) is 0 Å². The molecule has 1 aromatic rings. The van der Waals surface area contributed by atoms with Gasteiger partial charge in [0.05, 0.1) is 12.0 Å². The highest BCUT2D eigenvalue weighted by Gasteiger charge is 2.10. The average molecular weight is 178 g/mol. The first kappa shape index (κ1) is 8.23. The summed E-state index contributed by atoms with van der Waals surface area (Å²) in [5, 5.41) is 0. The summed E-state index contributed by atoms with van der Waals surface area (Å²) in [4.78, 5) is 0.183. The van der Waals surface area contributed by atoms with E-state index in [1.54, 1.807) is 18.2 Å². The number of hydrogen-bond donors (Lipinski definition) is 0. The summed E-state index contributed by atoms with van der Waals surface area (Å²) >= 11 is 0. The van der Waals surface area contributed by atoms with Crippen LogP contribution < -0.4 is 0 Å². The molecule has 11 heavy (non-hydrogen) atoms. The SMILES string of the molecule is COS(=O)(=O)[13c]1[13cH][13cH][13cH][13cH][13cH]1. The zero-order valence-electron chi connectivity index (χ0n) is 6.02. The summed E-state index contributed by atoms with van der Waals surface area (Å²) < 4.78 is 26.3. The summed E-state index contributed by atoms with van der Waals surface area (Å²) in [6.45, 7) is 0. The van der Waals surface area contributed by atoms with Gasteiger partial charge in [-0.15, -0.1) is 0 Å². The van der Waals surface area contributed by atoms with Crippen LogP contribution in [-0.4, -0.2) is 15.5 Å². The fraction of sp³-hybridized carbons (Fsp3) is 0.143. The van der Waals surface area contributed by atoms with Crippen LogP contribution in [0.5, 0.6) is 0 Å². The summed E-state index contributed by atoms with van der Waals surface area (Å²) in [6.07, 6.45) is 0. The molecule has 60 valence electrons. The molecule has 0 spiro atoms. The average Bonchev–Trinajstić information content (AvgIpc) is 2.06. The maximum atomic E-state index is 11.0. The van der Waals surface area contributed by atoms with E-state index in [2.05, 4.69) is 4.18 Å². The Kier molecular flexibility index (Phi) is 2.26.